The van der Waals surface area contributed by atoms with Gasteiger partial charge in [0.05, 0.1) is 0 Å². The van der Waals surface area contributed by atoms with Gasteiger partial charge >= 0.3 is 10.8 Å². The van der Waals surface area contributed by atoms with Gasteiger partial charge < -0.3 is 10.1 Å². The Kier molecular flexibility index (Phi) is 6.14. The van der Waals surface area contributed by atoms with Gasteiger partial charge in [0.25, 0.3) is 5.91 Å². The molecule has 1 N–H and O–H groups in total. The van der Waals surface area contributed by atoms with Crippen LogP contribution in [0.5, 0.6) is 0 Å². The van der Waals surface area contributed by atoms with Crippen molar-refractivity contribution in [2.24, 2.45) is 0 Å². The van der Waals surface area contributed by atoms with Crippen molar-refractivity contribution in [2.75, 3.05) is 5.32 Å². The van der Waals surface area contributed by atoms with Crippen LogP contribution in [-0.4, -0.2) is 22.5 Å². The lowest BCUT2D eigenvalue weighted by molar-refractivity contribution is -0.153. The zero-order chi connectivity index (χ0) is 18.6. The summed E-state index contributed by atoms with van der Waals surface area (Å²) in [5.74, 6) is -0.630. The molecule has 25 heavy (non-hydrogen) atoms. The Hall–Kier alpha value is -2.41. The Morgan fingerprint density at radius 1 is 1.20 bits per heavy atom. The Morgan fingerprint density at radius 3 is 2.36 bits per heavy atom. The number of aryl methyl sites for hydroxylation is 1. The predicted molar refractivity (Wildman–Crippen MR) is 98.0 cm³/mol. The molecule has 2 rings (SSSR count). The van der Waals surface area contributed by atoms with Crippen LogP contribution < -0.4 is 10.2 Å². The molecule has 0 bridgehead atoms. The highest BCUT2D eigenvalue weighted by atomic mass is 32.1. The standard InChI is InChI=1S/C18H22N2O4S/c1-11(2)14-5-7-15(8-6-14)19-17(22)13(4)24-16(21)9-20-12(3)10-25-18(20)23/h5-8,10-11,13H,9H2,1-4H3,(H,19,22)/t13-/m0/s1. The van der Waals surface area contributed by atoms with Gasteiger partial charge in [0, 0.05) is 16.8 Å². The van der Waals surface area contributed by atoms with Crippen LogP contribution in [0.15, 0.2) is 34.4 Å². The van der Waals surface area contributed by atoms with Crippen LogP contribution in [0.3, 0.4) is 0 Å². The molecule has 0 aliphatic rings. The molecule has 1 aromatic carbocycles. The van der Waals surface area contributed by atoms with Crippen LogP contribution in [0.2, 0.25) is 0 Å². The summed E-state index contributed by atoms with van der Waals surface area (Å²) < 4.78 is 6.45. The molecule has 7 heteroatoms. The van der Waals surface area contributed by atoms with Gasteiger partial charge in [-0.1, -0.05) is 37.3 Å². The van der Waals surface area contributed by atoms with E-state index < -0.39 is 18.0 Å². The van der Waals surface area contributed by atoms with E-state index in [-0.39, 0.29) is 11.4 Å². The topological polar surface area (TPSA) is 77.4 Å². The quantitative estimate of drug-likeness (QED) is 0.802. The minimum absolute atomic E-state index is 0.200. The van der Waals surface area contributed by atoms with E-state index in [0.717, 1.165) is 11.3 Å². The fraction of sp³-hybridized carbons (Fsp3) is 0.389. The van der Waals surface area contributed by atoms with E-state index in [1.54, 1.807) is 12.3 Å². The molecule has 0 unspecified atom stereocenters. The van der Waals surface area contributed by atoms with Crippen molar-refractivity contribution >= 4 is 28.9 Å². The summed E-state index contributed by atoms with van der Waals surface area (Å²) in [6, 6.07) is 7.53. The predicted octanol–water partition coefficient (Wildman–Crippen LogP) is 2.91. The molecule has 0 saturated carbocycles. The third-order valence-corrected chi connectivity index (χ3v) is 4.67. The fourth-order valence-corrected chi connectivity index (χ4v) is 2.94. The average molecular weight is 362 g/mol. The molecule has 1 heterocycles. The van der Waals surface area contributed by atoms with Crippen LogP contribution >= 0.6 is 11.3 Å². The monoisotopic (exact) mass is 362 g/mol. The summed E-state index contributed by atoms with van der Waals surface area (Å²) >= 11 is 1.02. The van der Waals surface area contributed by atoms with Crippen molar-refractivity contribution in [3.05, 3.63) is 50.6 Å². The van der Waals surface area contributed by atoms with Crippen molar-refractivity contribution in [3.8, 4) is 0 Å². The highest BCUT2D eigenvalue weighted by molar-refractivity contribution is 7.07. The molecule has 0 radical (unpaired) electrons. The van der Waals surface area contributed by atoms with Crippen LogP contribution in [0.4, 0.5) is 5.69 Å². The number of nitrogens with zero attached hydrogens (tertiary/aromatic N) is 1. The lowest BCUT2D eigenvalue weighted by Gasteiger charge is -2.14. The molecule has 2 aromatic rings. The van der Waals surface area contributed by atoms with Gasteiger partial charge in [-0.2, -0.15) is 0 Å². The number of aromatic nitrogens is 1. The molecule has 1 amide bonds. The number of hydrogen-bond acceptors (Lipinski definition) is 5. The first-order chi connectivity index (χ1) is 11.8. The Labute approximate surface area is 150 Å². The Balaban J connectivity index is 1.91. The van der Waals surface area contributed by atoms with Gasteiger partial charge in [-0.3, -0.25) is 19.0 Å². The second-order valence-electron chi connectivity index (χ2n) is 6.13. The maximum absolute atomic E-state index is 12.1. The number of nitrogens with one attached hydrogen (secondary N) is 1. The van der Waals surface area contributed by atoms with E-state index >= 15 is 0 Å². The number of carbonyl (C=O) groups excluding carboxylic acids is 2. The summed E-state index contributed by atoms with van der Waals surface area (Å²) in [6.45, 7) is 7.22. The number of carbonyl (C=O) groups is 2. The second kappa shape index (κ2) is 8.11. The summed E-state index contributed by atoms with van der Waals surface area (Å²) in [5, 5.41) is 4.39. The normalized spacial score (nSPS) is 12.0. The van der Waals surface area contributed by atoms with Crippen molar-refractivity contribution in [1.82, 2.24) is 4.57 Å². The molecule has 0 saturated heterocycles. The average Bonchev–Trinajstić information content (AvgIpc) is 2.87. The largest absolute Gasteiger partial charge is 0.451 e. The number of thiazole rings is 1. The Morgan fingerprint density at radius 2 is 1.84 bits per heavy atom. The number of anilines is 1. The Bertz CT molecular complexity index is 805. The zero-order valence-corrected chi connectivity index (χ0v) is 15.6. The summed E-state index contributed by atoms with van der Waals surface area (Å²) in [7, 11) is 0. The van der Waals surface area contributed by atoms with Crippen LogP contribution in [0, 0.1) is 6.92 Å². The van der Waals surface area contributed by atoms with Crippen molar-refractivity contribution in [1.29, 1.82) is 0 Å². The van der Waals surface area contributed by atoms with Crippen molar-refractivity contribution in [2.45, 2.75) is 46.3 Å². The number of benzene rings is 1. The molecule has 0 spiro atoms. The minimum atomic E-state index is -0.952. The number of rotatable bonds is 6. The van der Waals surface area contributed by atoms with Gasteiger partial charge in [-0.15, -0.1) is 0 Å². The van der Waals surface area contributed by atoms with E-state index in [0.29, 0.717) is 17.3 Å². The number of amides is 1. The zero-order valence-electron chi connectivity index (χ0n) is 14.7. The molecule has 0 aliphatic carbocycles. The molecule has 6 nitrogen and oxygen atoms in total. The maximum atomic E-state index is 12.1. The molecule has 1 aromatic heterocycles. The summed E-state index contributed by atoms with van der Waals surface area (Å²) in [5.41, 5.74) is 2.51. The lowest BCUT2D eigenvalue weighted by Crippen LogP contribution is -2.32. The minimum Gasteiger partial charge on any atom is -0.451 e. The van der Waals surface area contributed by atoms with Gasteiger partial charge in [0.15, 0.2) is 6.10 Å². The summed E-state index contributed by atoms with van der Waals surface area (Å²) in [6.07, 6.45) is -0.952. The molecule has 1 atom stereocenters. The van der Waals surface area contributed by atoms with E-state index in [1.807, 2.05) is 24.3 Å². The first-order valence-corrected chi connectivity index (χ1v) is 8.91. The van der Waals surface area contributed by atoms with E-state index in [4.69, 9.17) is 4.74 Å². The molecule has 0 aliphatic heterocycles. The van der Waals surface area contributed by atoms with Crippen LogP contribution in [0.1, 0.15) is 37.9 Å². The number of esters is 1. The van der Waals surface area contributed by atoms with E-state index in [1.165, 1.54) is 17.1 Å². The highest BCUT2D eigenvalue weighted by Gasteiger charge is 2.19. The summed E-state index contributed by atoms with van der Waals surface area (Å²) in [4.78, 5) is 35.5. The van der Waals surface area contributed by atoms with E-state index in [9.17, 15) is 14.4 Å². The highest BCUT2D eigenvalue weighted by Crippen LogP contribution is 2.17. The smallest absolute Gasteiger partial charge is 0.326 e. The van der Waals surface area contributed by atoms with E-state index in [2.05, 4.69) is 19.2 Å². The van der Waals surface area contributed by atoms with Crippen molar-refractivity contribution < 1.29 is 14.3 Å². The fourth-order valence-electron chi connectivity index (χ4n) is 2.21. The third-order valence-electron chi connectivity index (χ3n) is 3.79. The number of ether oxygens (including phenoxy) is 1. The molecule has 134 valence electrons. The van der Waals surface area contributed by atoms with Gasteiger partial charge in [-0.25, -0.2) is 0 Å². The molecular formula is C18H22N2O4S. The number of hydrogen-bond donors (Lipinski definition) is 1. The molecule has 0 fully saturated rings. The van der Waals surface area contributed by atoms with Crippen molar-refractivity contribution in [3.63, 3.8) is 0 Å². The van der Waals surface area contributed by atoms with Gasteiger partial charge in [0.1, 0.15) is 6.54 Å². The first-order valence-electron chi connectivity index (χ1n) is 8.03. The lowest BCUT2D eigenvalue weighted by atomic mass is 10.0. The SMILES string of the molecule is Cc1csc(=O)n1CC(=O)O[C@@H](C)C(=O)Nc1ccc(C(C)C)cc1. The third kappa shape index (κ3) is 5.03. The second-order valence-corrected chi connectivity index (χ2v) is 6.95. The van der Waals surface area contributed by atoms with Crippen LogP contribution in [-0.2, 0) is 20.9 Å². The van der Waals surface area contributed by atoms with Gasteiger partial charge in [0.2, 0.25) is 0 Å². The van der Waals surface area contributed by atoms with Crippen LogP contribution in [0.25, 0.3) is 0 Å². The molecular weight excluding hydrogens is 340 g/mol. The maximum Gasteiger partial charge on any atom is 0.326 e. The van der Waals surface area contributed by atoms with Gasteiger partial charge in [-0.05, 0) is 37.5 Å². The first kappa shape index (κ1) is 18.9.